The van der Waals surface area contributed by atoms with Crippen molar-refractivity contribution in [3.8, 4) is 5.75 Å². The maximum Gasteiger partial charge on any atom is 0.194 e. The molecule has 0 atom stereocenters. The van der Waals surface area contributed by atoms with Gasteiger partial charge in [0.05, 0.1) is 20.3 Å². The number of aliphatic imine (C=N–C) groups is 1. The third-order valence-corrected chi connectivity index (χ3v) is 4.02. The van der Waals surface area contributed by atoms with E-state index >= 15 is 0 Å². The lowest BCUT2D eigenvalue weighted by Gasteiger charge is -2.22. The van der Waals surface area contributed by atoms with Crippen LogP contribution in [0.4, 0.5) is 4.39 Å². The van der Waals surface area contributed by atoms with Gasteiger partial charge in [0.25, 0.3) is 0 Å². The first-order chi connectivity index (χ1) is 12.6. The minimum Gasteiger partial charge on any atom is -0.494 e. The molecule has 0 saturated heterocycles. The Balaban J connectivity index is 2.13. The molecule has 6 heteroatoms. The molecule has 0 aliphatic rings. The number of ether oxygens (including phenoxy) is 1. The number of benzene rings is 2. The lowest BCUT2D eigenvalue weighted by atomic mass is 10.1. The van der Waals surface area contributed by atoms with Gasteiger partial charge in [-0.3, -0.25) is 0 Å². The predicted octanol–water partition coefficient (Wildman–Crippen LogP) is 2.92. The summed E-state index contributed by atoms with van der Waals surface area (Å²) in [6, 6.07) is 12.6. The van der Waals surface area contributed by atoms with E-state index in [-0.39, 0.29) is 18.2 Å². The van der Waals surface area contributed by atoms with Crippen LogP contribution in [0, 0.1) is 5.82 Å². The topological polar surface area (TPSA) is 57.1 Å². The Kier molecular flexibility index (Phi) is 7.41. The molecule has 0 saturated carbocycles. The molecule has 0 radical (unpaired) electrons. The van der Waals surface area contributed by atoms with Gasteiger partial charge in [0.15, 0.2) is 17.5 Å². The third-order valence-electron chi connectivity index (χ3n) is 4.02. The smallest absolute Gasteiger partial charge is 0.194 e. The second kappa shape index (κ2) is 9.77. The van der Waals surface area contributed by atoms with Crippen LogP contribution in [0.3, 0.4) is 0 Å². The van der Waals surface area contributed by atoms with Crippen molar-refractivity contribution in [2.24, 2.45) is 4.99 Å². The first-order valence-corrected chi connectivity index (χ1v) is 8.58. The average Bonchev–Trinajstić information content (AvgIpc) is 2.65. The summed E-state index contributed by atoms with van der Waals surface area (Å²) in [6.45, 7) is 3.68. The monoisotopic (exact) mass is 359 g/mol. The molecular weight excluding hydrogens is 333 g/mol. The summed E-state index contributed by atoms with van der Waals surface area (Å²) >= 11 is 0. The van der Waals surface area contributed by atoms with Crippen LogP contribution in [0.2, 0.25) is 0 Å². The lowest BCUT2D eigenvalue weighted by molar-refractivity contribution is 0.280. The largest absolute Gasteiger partial charge is 0.494 e. The summed E-state index contributed by atoms with van der Waals surface area (Å²) in [5.41, 5.74) is 2.67. The van der Waals surface area contributed by atoms with Crippen LogP contribution in [0.1, 0.15) is 23.6 Å². The van der Waals surface area contributed by atoms with Gasteiger partial charge in [-0.1, -0.05) is 30.3 Å². The minimum absolute atomic E-state index is 0.0107. The van der Waals surface area contributed by atoms with Crippen molar-refractivity contribution in [2.75, 3.05) is 20.7 Å². The van der Waals surface area contributed by atoms with Crippen molar-refractivity contribution in [1.82, 2.24) is 10.2 Å². The Morgan fingerprint density at radius 2 is 1.96 bits per heavy atom. The fourth-order valence-electron chi connectivity index (χ4n) is 2.65. The van der Waals surface area contributed by atoms with E-state index in [2.05, 4.69) is 10.3 Å². The number of aliphatic hydroxyl groups is 1. The normalized spacial score (nSPS) is 11.3. The Bertz CT molecular complexity index is 750. The van der Waals surface area contributed by atoms with Crippen molar-refractivity contribution < 1.29 is 14.2 Å². The zero-order valence-corrected chi connectivity index (χ0v) is 15.5. The third kappa shape index (κ3) is 5.20. The Labute approximate surface area is 154 Å². The molecule has 2 aromatic carbocycles. The van der Waals surface area contributed by atoms with Gasteiger partial charge in [-0.15, -0.1) is 0 Å². The zero-order valence-electron chi connectivity index (χ0n) is 15.5. The summed E-state index contributed by atoms with van der Waals surface area (Å²) in [7, 11) is 3.35. The minimum atomic E-state index is -0.378. The highest BCUT2D eigenvalue weighted by molar-refractivity contribution is 5.79. The molecule has 0 aromatic heterocycles. The standard InChI is InChI=1S/C20H26FN3O2/c1-4-22-20(23-12-16-7-5-6-8-17(16)14-25)24(2)13-15-9-10-19(26-3)18(21)11-15/h5-11,25H,4,12-14H2,1-3H3,(H,22,23). The Morgan fingerprint density at radius 3 is 2.58 bits per heavy atom. The molecule has 0 spiro atoms. The molecule has 2 N–H and O–H groups in total. The number of rotatable bonds is 7. The second-order valence-electron chi connectivity index (χ2n) is 5.92. The van der Waals surface area contributed by atoms with E-state index in [4.69, 9.17) is 4.74 Å². The van der Waals surface area contributed by atoms with Crippen molar-refractivity contribution in [3.05, 3.63) is 65.0 Å². The van der Waals surface area contributed by atoms with E-state index in [9.17, 15) is 9.50 Å². The molecule has 0 heterocycles. The fourth-order valence-corrected chi connectivity index (χ4v) is 2.65. The van der Waals surface area contributed by atoms with Crippen LogP contribution in [-0.4, -0.2) is 36.7 Å². The number of nitrogens with one attached hydrogen (secondary N) is 1. The van der Waals surface area contributed by atoms with Crippen molar-refractivity contribution in [3.63, 3.8) is 0 Å². The SMILES string of the molecule is CCNC(=NCc1ccccc1CO)N(C)Cc1ccc(OC)c(F)c1. The van der Waals surface area contributed by atoms with Gasteiger partial charge in [-0.05, 0) is 35.7 Å². The van der Waals surface area contributed by atoms with Crippen LogP contribution < -0.4 is 10.1 Å². The predicted molar refractivity (Wildman–Crippen MR) is 102 cm³/mol. The van der Waals surface area contributed by atoms with Gasteiger partial charge in [-0.2, -0.15) is 0 Å². The highest BCUT2D eigenvalue weighted by Gasteiger charge is 2.10. The number of hydrogen-bond donors (Lipinski definition) is 2. The number of nitrogens with zero attached hydrogens (tertiary/aromatic N) is 2. The van der Waals surface area contributed by atoms with Crippen LogP contribution >= 0.6 is 0 Å². The van der Waals surface area contributed by atoms with Crippen LogP contribution in [-0.2, 0) is 19.7 Å². The summed E-state index contributed by atoms with van der Waals surface area (Å²) in [5.74, 6) is 0.575. The number of guanidine groups is 1. The Morgan fingerprint density at radius 1 is 1.23 bits per heavy atom. The Hall–Kier alpha value is -2.60. The number of methoxy groups -OCH3 is 1. The first kappa shape index (κ1) is 19.7. The van der Waals surface area contributed by atoms with Crippen molar-refractivity contribution in [2.45, 2.75) is 26.6 Å². The first-order valence-electron chi connectivity index (χ1n) is 8.58. The van der Waals surface area contributed by atoms with Gasteiger partial charge < -0.3 is 20.1 Å². The van der Waals surface area contributed by atoms with Gasteiger partial charge in [-0.25, -0.2) is 9.38 Å². The maximum absolute atomic E-state index is 13.9. The molecular formula is C20H26FN3O2. The summed E-state index contributed by atoms with van der Waals surface area (Å²) in [6.07, 6.45) is 0. The van der Waals surface area contributed by atoms with E-state index in [1.807, 2.05) is 49.2 Å². The molecule has 0 fully saturated rings. The maximum atomic E-state index is 13.9. The quantitative estimate of drug-likeness (QED) is 0.590. The molecule has 26 heavy (non-hydrogen) atoms. The number of aliphatic hydroxyl groups excluding tert-OH is 1. The van der Waals surface area contributed by atoms with E-state index in [0.717, 1.165) is 29.2 Å². The molecule has 2 rings (SSSR count). The molecule has 140 valence electrons. The molecule has 5 nitrogen and oxygen atoms in total. The molecule has 0 aliphatic carbocycles. The lowest BCUT2D eigenvalue weighted by Crippen LogP contribution is -2.38. The molecule has 2 aromatic rings. The van der Waals surface area contributed by atoms with Crippen molar-refractivity contribution in [1.29, 1.82) is 0 Å². The number of hydrogen-bond acceptors (Lipinski definition) is 3. The average molecular weight is 359 g/mol. The molecule has 0 unspecified atom stereocenters. The van der Waals surface area contributed by atoms with Crippen molar-refractivity contribution >= 4 is 5.96 Å². The van der Waals surface area contributed by atoms with E-state index in [0.29, 0.717) is 13.1 Å². The van der Waals surface area contributed by atoms with Gasteiger partial charge in [0.2, 0.25) is 0 Å². The molecule has 0 aliphatic heterocycles. The summed E-state index contributed by atoms with van der Waals surface area (Å²) in [4.78, 5) is 6.58. The van der Waals surface area contributed by atoms with Gasteiger partial charge in [0, 0.05) is 20.1 Å². The van der Waals surface area contributed by atoms with Crippen LogP contribution in [0.5, 0.6) is 5.75 Å². The van der Waals surface area contributed by atoms with Crippen LogP contribution in [0.25, 0.3) is 0 Å². The van der Waals surface area contributed by atoms with E-state index < -0.39 is 0 Å². The molecule has 0 bridgehead atoms. The fraction of sp³-hybridized carbons (Fsp3) is 0.350. The van der Waals surface area contributed by atoms with E-state index in [1.54, 1.807) is 6.07 Å². The van der Waals surface area contributed by atoms with Gasteiger partial charge >= 0.3 is 0 Å². The number of halogens is 1. The van der Waals surface area contributed by atoms with E-state index in [1.165, 1.54) is 13.2 Å². The highest BCUT2D eigenvalue weighted by Crippen LogP contribution is 2.18. The zero-order chi connectivity index (χ0) is 18.9. The summed E-state index contributed by atoms with van der Waals surface area (Å²) < 4.78 is 18.8. The second-order valence-corrected chi connectivity index (χ2v) is 5.92. The van der Waals surface area contributed by atoms with Crippen LogP contribution in [0.15, 0.2) is 47.5 Å². The molecule has 0 amide bonds. The summed E-state index contributed by atoms with van der Waals surface area (Å²) in [5, 5.41) is 12.7. The van der Waals surface area contributed by atoms with Gasteiger partial charge in [0.1, 0.15) is 0 Å². The highest BCUT2D eigenvalue weighted by atomic mass is 19.1.